The van der Waals surface area contributed by atoms with E-state index in [4.69, 9.17) is 4.74 Å². The predicted octanol–water partition coefficient (Wildman–Crippen LogP) is 3.78. The van der Waals surface area contributed by atoms with Gasteiger partial charge in [-0.15, -0.1) is 12.4 Å². The molecule has 1 saturated carbocycles. The summed E-state index contributed by atoms with van der Waals surface area (Å²) in [5, 5.41) is 3.42. The summed E-state index contributed by atoms with van der Waals surface area (Å²) in [7, 11) is 1.69. The van der Waals surface area contributed by atoms with Crippen molar-refractivity contribution in [3.63, 3.8) is 0 Å². The van der Waals surface area contributed by atoms with E-state index < -0.39 is 0 Å². The van der Waals surface area contributed by atoms with Crippen LogP contribution in [0, 0.1) is 11.7 Å². The zero-order chi connectivity index (χ0) is 15.4. The number of rotatable bonds is 4. The molecule has 1 atom stereocenters. The van der Waals surface area contributed by atoms with Crippen molar-refractivity contribution < 1.29 is 9.13 Å². The minimum absolute atomic E-state index is 0. The van der Waals surface area contributed by atoms with Crippen molar-refractivity contribution in [3.05, 3.63) is 29.6 Å². The molecule has 1 heterocycles. The Labute approximate surface area is 145 Å². The quantitative estimate of drug-likeness (QED) is 0.901. The van der Waals surface area contributed by atoms with Crippen molar-refractivity contribution in [2.75, 3.05) is 33.3 Å². The van der Waals surface area contributed by atoms with E-state index in [1.165, 1.54) is 38.2 Å². The highest BCUT2D eigenvalue weighted by atomic mass is 35.5. The molecule has 0 bridgehead atoms. The summed E-state index contributed by atoms with van der Waals surface area (Å²) < 4.78 is 19.4. The summed E-state index contributed by atoms with van der Waals surface area (Å²) in [5.74, 6) is 1.28. The van der Waals surface area contributed by atoms with Gasteiger partial charge in [0.05, 0.1) is 7.11 Å². The smallest absolute Gasteiger partial charge is 0.123 e. The van der Waals surface area contributed by atoms with Crippen molar-refractivity contribution in [2.45, 2.75) is 38.1 Å². The first-order valence-corrected chi connectivity index (χ1v) is 8.58. The van der Waals surface area contributed by atoms with Crippen LogP contribution < -0.4 is 10.1 Å². The van der Waals surface area contributed by atoms with Crippen LogP contribution >= 0.6 is 12.4 Å². The second-order valence-corrected chi connectivity index (χ2v) is 6.52. The lowest BCUT2D eigenvalue weighted by atomic mass is 9.80. The normalized spacial score (nSPS) is 21.5. The number of benzene rings is 1. The number of piperazine rings is 1. The molecule has 1 aliphatic carbocycles. The predicted molar refractivity (Wildman–Crippen MR) is 94.0 cm³/mol. The van der Waals surface area contributed by atoms with Gasteiger partial charge in [0.1, 0.15) is 11.6 Å². The Morgan fingerprint density at radius 1 is 1.17 bits per heavy atom. The van der Waals surface area contributed by atoms with Crippen molar-refractivity contribution in [1.29, 1.82) is 0 Å². The number of nitrogens with zero attached hydrogens (tertiary/aromatic N) is 1. The van der Waals surface area contributed by atoms with Gasteiger partial charge in [-0.3, -0.25) is 4.90 Å². The van der Waals surface area contributed by atoms with Gasteiger partial charge in [0, 0.05) is 37.8 Å². The highest BCUT2D eigenvalue weighted by Gasteiger charge is 2.33. The minimum atomic E-state index is -0.160. The van der Waals surface area contributed by atoms with Crippen LogP contribution in [0.2, 0.25) is 0 Å². The Morgan fingerprint density at radius 2 is 1.87 bits per heavy atom. The lowest BCUT2D eigenvalue weighted by molar-refractivity contribution is 0.101. The second kappa shape index (κ2) is 8.86. The van der Waals surface area contributed by atoms with Crippen LogP contribution in [0.5, 0.6) is 5.75 Å². The standard InChI is InChI=1S/C18H27FN2O.ClH/c1-22-17-8-7-15(19)13-16(17)18(14-5-3-2-4-6-14)21-11-9-20-10-12-21;/h7-8,13-14,18,20H,2-6,9-12H2,1H3;1H/t18-;/m1./s1. The van der Waals surface area contributed by atoms with Crippen LogP contribution in [0.1, 0.15) is 43.7 Å². The zero-order valence-electron chi connectivity index (χ0n) is 13.9. The number of halogens is 2. The molecule has 3 nitrogen and oxygen atoms in total. The number of hydrogen-bond donors (Lipinski definition) is 1. The van der Waals surface area contributed by atoms with Crippen LogP contribution in [0.15, 0.2) is 18.2 Å². The molecule has 1 N–H and O–H groups in total. The summed E-state index contributed by atoms with van der Waals surface area (Å²) in [6.07, 6.45) is 6.42. The topological polar surface area (TPSA) is 24.5 Å². The highest BCUT2D eigenvalue weighted by Crippen LogP contribution is 2.41. The van der Waals surface area contributed by atoms with E-state index in [0.717, 1.165) is 37.5 Å². The SMILES string of the molecule is COc1ccc(F)cc1[C@@H](C1CCCCC1)N1CCNCC1.Cl. The lowest BCUT2D eigenvalue weighted by Crippen LogP contribution is -2.47. The number of hydrogen-bond acceptors (Lipinski definition) is 3. The third kappa shape index (κ3) is 4.37. The third-order valence-corrected chi connectivity index (χ3v) is 5.15. The molecule has 3 rings (SSSR count). The Hall–Kier alpha value is -0.840. The molecule has 2 aliphatic rings. The van der Waals surface area contributed by atoms with E-state index in [1.807, 2.05) is 0 Å². The van der Waals surface area contributed by atoms with Crippen LogP contribution in [-0.2, 0) is 0 Å². The van der Waals surface area contributed by atoms with Crippen molar-refractivity contribution >= 4 is 12.4 Å². The van der Waals surface area contributed by atoms with Gasteiger partial charge < -0.3 is 10.1 Å². The molecule has 1 aromatic rings. The van der Waals surface area contributed by atoms with E-state index >= 15 is 0 Å². The molecule has 2 fully saturated rings. The Morgan fingerprint density at radius 3 is 2.52 bits per heavy atom. The number of ether oxygens (including phenoxy) is 1. The Kier molecular flexibility index (Phi) is 7.12. The average Bonchev–Trinajstić information content (AvgIpc) is 2.57. The zero-order valence-corrected chi connectivity index (χ0v) is 14.7. The molecular formula is C18H28ClFN2O. The Balaban J connectivity index is 0.00000192. The first-order chi connectivity index (χ1) is 10.8. The minimum Gasteiger partial charge on any atom is -0.496 e. The molecule has 1 saturated heterocycles. The van der Waals surface area contributed by atoms with E-state index in [0.29, 0.717) is 5.92 Å². The molecular weight excluding hydrogens is 315 g/mol. The molecule has 23 heavy (non-hydrogen) atoms. The molecule has 0 amide bonds. The second-order valence-electron chi connectivity index (χ2n) is 6.52. The van der Waals surface area contributed by atoms with Gasteiger partial charge in [-0.2, -0.15) is 0 Å². The molecule has 1 aliphatic heterocycles. The summed E-state index contributed by atoms with van der Waals surface area (Å²) >= 11 is 0. The van der Waals surface area contributed by atoms with E-state index in [2.05, 4.69) is 10.2 Å². The highest BCUT2D eigenvalue weighted by molar-refractivity contribution is 5.85. The molecule has 1 aromatic carbocycles. The largest absolute Gasteiger partial charge is 0.496 e. The van der Waals surface area contributed by atoms with Crippen molar-refractivity contribution in [3.8, 4) is 5.75 Å². The summed E-state index contributed by atoms with van der Waals surface area (Å²) in [4.78, 5) is 2.53. The first-order valence-electron chi connectivity index (χ1n) is 8.58. The fourth-order valence-electron chi connectivity index (χ4n) is 4.10. The van der Waals surface area contributed by atoms with E-state index in [9.17, 15) is 4.39 Å². The lowest BCUT2D eigenvalue weighted by Gasteiger charge is -2.41. The maximum atomic E-state index is 13.9. The van der Waals surface area contributed by atoms with Crippen LogP contribution in [0.25, 0.3) is 0 Å². The van der Waals surface area contributed by atoms with Crippen LogP contribution in [0.3, 0.4) is 0 Å². The summed E-state index contributed by atoms with van der Waals surface area (Å²) in [6.45, 7) is 4.09. The van der Waals surface area contributed by atoms with Crippen LogP contribution in [0.4, 0.5) is 4.39 Å². The van der Waals surface area contributed by atoms with Gasteiger partial charge in [-0.1, -0.05) is 19.3 Å². The maximum absolute atomic E-state index is 13.9. The molecule has 130 valence electrons. The van der Waals surface area contributed by atoms with Gasteiger partial charge in [-0.05, 0) is 37.0 Å². The van der Waals surface area contributed by atoms with E-state index in [1.54, 1.807) is 19.2 Å². The van der Waals surface area contributed by atoms with Gasteiger partial charge in [0.15, 0.2) is 0 Å². The van der Waals surface area contributed by atoms with Gasteiger partial charge >= 0.3 is 0 Å². The molecule has 0 radical (unpaired) electrons. The summed E-state index contributed by atoms with van der Waals surface area (Å²) in [5.41, 5.74) is 1.04. The van der Waals surface area contributed by atoms with E-state index in [-0.39, 0.29) is 24.3 Å². The van der Waals surface area contributed by atoms with Gasteiger partial charge in [0.2, 0.25) is 0 Å². The maximum Gasteiger partial charge on any atom is 0.123 e. The van der Waals surface area contributed by atoms with Crippen molar-refractivity contribution in [2.24, 2.45) is 5.92 Å². The van der Waals surface area contributed by atoms with Gasteiger partial charge in [0.25, 0.3) is 0 Å². The monoisotopic (exact) mass is 342 g/mol. The molecule has 0 aromatic heterocycles. The Bertz CT molecular complexity index is 470. The fraction of sp³-hybridized carbons (Fsp3) is 0.667. The molecule has 0 unspecified atom stereocenters. The number of methoxy groups -OCH3 is 1. The van der Waals surface area contributed by atoms with Crippen LogP contribution in [-0.4, -0.2) is 38.2 Å². The number of nitrogens with one attached hydrogen (secondary N) is 1. The molecule has 0 spiro atoms. The van der Waals surface area contributed by atoms with Crippen molar-refractivity contribution in [1.82, 2.24) is 10.2 Å². The average molecular weight is 343 g/mol. The molecule has 5 heteroatoms. The van der Waals surface area contributed by atoms with Gasteiger partial charge in [-0.25, -0.2) is 4.39 Å². The third-order valence-electron chi connectivity index (χ3n) is 5.15. The fourth-order valence-corrected chi connectivity index (χ4v) is 4.10. The first kappa shape index (κ1) is 18.5. The summed E-state index contributed by atoms with van der Waals surface area (Å²) in [6, 6.07) is 5.26.